The average molecular weight is 357 g/mol. The Bertz CT molecular complexity index is 1010. The Morgan fingerprint density at radius 2 is 1.92 bits per heavy atom. The third kappa shape index (κ3) is 2.87. The Balaban J connectivity index is 2.30. The summed E-state index contributed by atoms with van der Waals surface area (Å²) in [6, 6.07) is 11.4. The van der Waals surface area contributed by atoms with Gasteiger partial charge in [0, 0.05) is 21.7 Å². The van der Waals surface area contributed by atoms with E-state index < -0.39 is 11.8 Å². The van der Waals surface area contributed by atoms with Crippen molar-refractivity contribution in [3.63, 3.8) is 0 Å². The number of aromatic hydroxyl groups is 1. The molecule has 0 saturated heterocycles. The summed E-state index contributed by atoms with van der Waals surface area (Å²) in [7, 11) is 0. The maximum Gasteiger partial charge on any atom is 0.262 e. The van der Waals surface area contributed by atoms with Crippen molar-refractivity contribution in [2.24, 2.45) is 5.73 Å². The van der Waals surface area contributed by atoms with Gasteiger partial charge in [-0.2, -0.15) is 0 Å². The average Bonchev–Trinajstić information content (AvgIpc) is 2.84. The van der Waals surface area contributed by atoms with Crippen LogP contribution in [0.25, 0.3) is 10.9 Å². The monoisotopic (exact) mass is 356 g/mol. The van der Waals surface area contributed by atoms with Crippen LogP contribution in [0.4, 0.5) is 0 Å². The van der Waals surface area contributed by atoms with E-state index in [0.717, 1.165) is 0 Å². The summed E-state index contributed by atoms with van der Waals surface area (Å²) in [5.74, 6) is -1.31. The maximum absolute atomic E-state index is 13.0. The highest BCUT2D eigenvalue weighted by atomic mass is 35.5. The van der Waals surface area contributed by atoms with Crippen LogP contribution in [0.2, 0.25) is 5.02 Å². The molecule has 0 aliphatic carbocycles. The summed E-state index contributed by atoms with van der Waals surface area (Å²) in [5.41, 5.74) is 7.74. The van der Waals surface area contributed by atoms with E-state index in [4.69, 9.17) is 17.3 Å². The van der Waals surface area contributed by atoms with Crippen LogP contribution in [-0.2, 0) is 4.79 Å². The third-order valence-corrected chi connectivity index (χ3v) is 4.61. The van der Waals surface area contributed by atoms with Crippen LogP contribution in [-0.4, -0.2) is 21.5 Å². The van der Waals surface area contributed by atoms with Gasteiger partial charge in [-0.25, -0.2) is 0 Å². The van der Waals surface area contributed by atoms with Crippen molar-refractivity contribution in [1.29, 1.82) is 0 Å². The zero-order chi connectivity index (χ0) is 18.3. The number of nitrogens with two attached hydrogens (primary N) is 1. The minimum Gasteiger partial charge on any atom is -0.508 e. The molecule has 0 saturated carbocycles. The quantitative estimate of drug-likeness (QED) is 0.752. The molecule has 6 heteroatoms. The Morgan fingerprint density at radius 3 is 2.56 bits per heavy atom. The molecule has 1 amide bonds. The molecule has 0 radical (unpaired) electrons. The minimum atomic E-state index is -0.599. The number of halogens is 1. The summed E-state index contributed by atoms with van der Waals surface area (Å²) in [5, 5.41) is 10.9. The number of carbonyl (C=O) groups is 2. The number of carbonyl (C=O) groups excluding carboxylic acids is 2. The molecule has 3 aromatic rings. The number of phenolic OH excluding ortho intramolecular Hbond substituents is 1. The lowest BCUT2D eigenvalue weighted by Crippen LogP contribution is -2.20. The third-order valence-electron chi connectivity index (χ3n) is 4.37. The van der Waals surface area contributed by atoms with E-state index in [1.54, 1.807) is 50.2 Å². The molecule has 3 rings (SSSR count). The molecule has 128 valence electrons. The molecule has 5 nitrogen and oxygen atoms in total. The zero-order valence-electron chi connectivity index (χ0n) is 13.8. The van der Waals surface area contributed by atoms with E-state index >= 15 is 0 Å². The molecule has 3 N–H and O–H groups in total. The molecule has 0 fully saturated rings. The smallest absolute Gasteiger partial charge is 0.262 e. The van der Waals surface area contributed by atoms with Crippen LogP contribution in [0.15, 0.2) is 42.5 Å². The molecule has 0 bridgehead atoms. The van der Waals surface area contributed by atoms with Crippen LogP contribution in [0.3, 0.4) is 0 Å². The van der Waals surface area contributed by atoms with Crippen LogP contribution in [0.1, 0.15) is 34.5 Å². The lowest BCUT2D eigenvalue weighted by atomic mass is 9.97. The summed E-state index contributed by atoms with van der Waals surface area (Å²) >= 11 is 6.00. The second-order valence-corrected chi connectivity index (χ2v) is 6.41. The number of fused-ring (bicyclic) bond motifs is 1. The molecule has 0 aliphatic heterocycles. The summed E-state index contributed by atoms with van der Waals surface area (Å²) in [6.07, 6.45) is 0. The number of nitrogens with zero attached hydrogens (tertiary/aromatic N) is 1. The molecule has 0 aliphatic rings. The predicted octanol–water partition coefficient (Wildman–Crippen LogP) is 3.59. The van der Waals surface area contributed by atoms with Crippen molar-refractivity contribution in [3.8, 4) is 5.75 Å². The first kappa shape index (κ1) is 17.0. The van der Waals surface area contributed by atoms with Gasteiger partial charge in [0.2, 0.25) is 5.91 Å². The largest absolute Gasteiger partial charge is 0.508 e. The molecule has 1 heterocycles. The molecule has 0 spiro atoms. The van der Waals surface area contributed by atoms with Gasteiger partial charge in [-0.15, -0.1) is 0 Å². The van der Waals surface area contributed by atoms with Crippen molar-refractivity contribution >= 4 is 34.3 Å². The summed E-state index contributed by atoms with van der Waals surface area (Å²) in [4.78, 5) is 24.8. The number of benzene rings is 2. The van der Waals surface area contributed by atoms with Gasteiger partial charge in [0.1, 0.15) is 5.75 Å². The van der Waals surface area contributed by atoms with Crippen molar-refractivity contribution in [2.75, 3.05) is 0 Å². The van der Waals surface area contributed by atoms with Gasteiger partial charge < -0.3 is 10.8 Å². The molecule has 1 atom stereocenters. The Hall–Kier alpha value is -2.79. The highest BCUT2D eigenvalue weighted by Crippen LogP contribution is 2.34. The molecule has 1 aromatic heterocycles. The molecule has 25 heavy (non-hydrogen) atoms. The van der Waals surface area contributed by atoms with Crippen molar-refractivity contribution in [3.05, 3.63) is 64.3 Å². The molecule has 2 aromatic carbocycles. The van der Waals surface area contributed by atoms with Crippen LogP contribution in [0.5, 0.6) is 5.75 Å². The Morgan fingerprint density at radius 1 is 1.20 bits per heavy atom. The van der Waals surface area contributed by atoms with Gasteiger partial charge in [-0.1, -0.05) is 17.7 Å². The molecular formula is C19H17ClN2O3. The highest BCUT2D eigenvalue weighted by molar-refractivity contribution is 6.31. The molecular weight excluding hydrogens is 340 g/mol. The van der Waals surface area contributed by atoms with E-state index in [1.165, 1.54) is 10.6 Å². The van der Waals surface area contributed by atoms with E-state index in [-0.39, 0.29) is 11.7 Å². The number of rotatable bonds is 3. The van der Waals surface area contributed by atoms with Crippen LogP contribution >= 0.6 is 11.6 Å². The van der Waals surface area contributed by atoms with Crippen LogP contribution < -0.4 is 5.73 Å². The number of amides is 1. The van der Waals surface area contributed by atoms with Gasteiger partial charge in [-0.3, -0.25) is 14.2 Å². The number of primary amides is 1. The van der Waals surface area contributed by atoms with E-state index in [2.05, 4.69) is 0 Å². The normalized spacial score (nSPS) is 12.3. The highest BCUT2D eigenvalue weighted by Gasteiger charge is 2.25. The first-order valence-electron chi connectivity index (χ1n) is 7.74. The fourth-order valence-corrected chi connectivity index (χ4v) is 3.32. The van der Waals surface area contributed by atoms with Gasteiger partial charge in [0.05, 0.1) is 11.4 Å². The van der Waals surface area contributed by atoms with Crippen molar-refractivity contribution < 1.29 is 14.7 Å². The molecule has 0 unspecified atom stereocenters. The number of hydrogen-bond acceptors (Lipinski definition) is 3. The van der Waals surface area contributed by atoms with Gasteiger partial charge in [-0.05, 0) is 55.8 Å². The predicted molar refractivity (Wildman–Crippen MR) is 97.1 cm³/mol. The number of aromatic nitrogens is 1. The minimum absolute atomic E-state index is 0.0535. The van der Waals surface area contributed by atoms with E-state index in [9.17, 15) is 14.7 Å². The maximum atomic E-state index is 13.0. The first-order valence-corrected chi connectivity index (χ1v) is 8.12. The standard InChI is InChI=1S/C19H17ClN2O3/c1-10(18(21)24)17-11(2)22(16-7-6-14(23)9-15(16)17)19(25)12-4-3-5-13(20)8-12/h3-10,23H,1-2H3,(H2,21,24)/t10-/m0/s1. The fraction of sp³-hybridized carbons (Fsp3) is 0.158. The van der Waals surface area contributed by atoms with Crippen molar-refractivity contribution in [2.45, 2.75) is 19.8 Å². The second-order valence-electron chi connectivity index (χ2n) is 5.98. The van der Waals surface area contributed by atoms with Gasteiger partial charge in [0.25, 0.3) is 5.91 Å². The van der Waals surface area contributed by atoms with Crippen molar-refractivity contribution in [1.82, 2.24) is 4.57 Å². The number of hydrogen-bond donors (Lipinski definition) is 2. The lowest BCUT2D eigenvalue weighted by Gasteiger charge is -2.10. The Labute approximate surface area is 149 Å². The number of phenols is 1. The summed E-state index contributed by atoms with van der Waals surface area (Å²) in [6.45, 7) is 3.44. The fourth-order valence-electron chi connectivity index (χ4n) is 3.13. The van der Waals surface area contributed by atoms with E-state index in [1.807, 2.05) is 0 Å². The first-order chi connectivity index (χ1) is 11.8. The summed E-state index contributed by atoms with van der Waals surface area (Å²) < 4.78 is 1.52. The van der Waals surface area contributed by atoms with E-state index in [0.29, 0.717) is 32.7 Å². The van der Waals surface area contributed by atoms with Gasteiger partial charge >= 0.3 is 0 Å². The zero-order valence-corrected chi connectivity index (χ0v) is 14.5. The second kappa shape index (κ2) is 6.26. The lowest BCUT2D eigenvalue weighted by molar-refractivity contribution is -0.119. The van der Waals surface area contributed by atoms with Gasteiger partial charge in [0.15, 0.2) is 0 Å². The van der Waals surface area contributed by atoms with Crippen LogP contribution in [0, 0.1) is 6.92 Å². The SMILES string of the molecule is Cc1c([C@H](C)C(N)=O)c2cc(O)ccc2n1C(=O)c1cccc(Cl)c1. The topological polar surface area (TPSA) is 85.3 Å². The Kier molecular flexibility index (Phi) is 4.27.